The molecular formula is C12H22S. The molecule has 1 saturated carbocycles. The molecule has 2 unspecified atom stereocenters. The van der Waals surface area contributed by atoms with Crippen LogP contribution in [0.2, 0.25) is 0 Å². The second kappa shape index (κ2) is 5.29. The van der Waals surface area contributed by atoms with Crippen molar-refractivity contribution in [3.8, 4) is 0 Å². The standard InChI is InChI=1S/C12H22S/c1-2-4-6-8-10-12-11(13-12)9-7-5-3-1/h11-12H,1-10H2. The highest BCUT2D eigenvalue weighted by atomic mass is 32.2. The number of hydrogen-bond donors (Lipinski definition) is 0. The predicted molar refractivity (Wildman–Crippen MR) is 61.3 cm³/mol. The second-order valence-electron chi connectivity index (χ2n) is 4.62. The number of fused-ring (bicyclic) bond motifs is 1. The summed E-state index contributed by atoms with van der Waals surface area (Å²) in [6, 6.07) is 0. The van der Waals surface area contributed by atoms with Gasteiger partial charge in [0.05, 0.1) is 0 Å². The molecule has 0 nitrogen and oxygen atoms in total. The van der Waals surface area contributed by atoms with Crippen LogP contribution in [0, 0.1) is 0 Å². The van der Waals surface area contributed by atoms with E-state index in [0.29, 0.717) is 0 Å². The minimum Gasteiger partial charge on any atom is -0.153 e. The van der Waals surface area contributed by atoms with Gasteiger partial charge >= 0.3 is 0 Å². The highest BCUT2D eigenvalue weighted by Crippen LogP contribution is 2.47. The summed E-state index contributed by atoms with van der Waals surface area (Å²) in [5.74, 6) is 0. The zero-order chi connectivity index (χ0) is 8.93. The Balaban J connectivity index is 1.66. The molecule has 0 amide bonds. The van der Waals surface area contributed by atoms with Crippen molar-refractivity contribution in [2.45, 2.75) is 74.7 Å². The monoisotopic (exact) mass is 198 g/mol. The van der Waals surface area contributed by atoms with Gasteiger partial charge in [-0.2, -0.15) is 11.8 Å². The van der Waals surface area contributed by atoms with Crippen LogP contribution in [0.5, 0.6) is 0 Å². The molecule has 0 aromatic carbocycles. The van der Waals surface area contributed by atoms with E-state index in [4.69, 9.17) is 0 Å². The van der Waals surface area contributed by atoms with Crippen LogP contribution >= 0.6 is 11.8 Å². The smallest absolute Gasteiger partial charge is 0.0169 e. The topological polar surface area (TPSA) is 0 Å². The molecule has 0 bridgehead atoms. The maximum atomic E-state index is 2.26. The lowest BCUT2D eigenvalue weighted by atomic mass is 10.0. The van der Waals surface area contributed by atoms with Gasteiger partial charge in [-0.25, -0.2) is 0 Å². The summed E-state index contributed by atoms with van der Waals surface area (Å²) in [6.45, 7) is 0. The normalized spacial score (nSPS) is 36.9. The Morgan fingerprint density at radius 2 is 0.923 bits per heavy atom. The van der Waals surface area contributed by atoms with Gasteiger partial charge in [-0.3, -0.25) is 0 Å². The molecule has 0 N–H and O–H groups in total. The Bertz CT molecular complexity index is 128. The first-order valence-corrected chi connectivity index (χ1v) is 7.06. The summed E-state index contributed by atoms with van der Waals surface area (Å²) in [5, 5.41) is 2.17. The average Bonchev–Trinajstić information content (AvgIpc) is 2.83. The molecule has 2 rings (SSSR count). The summed E-state index contributed by atoms with van der Waals surface area (Å²) in [6.07, 6.45) is 15.1. The van der Waals surface area contributed by atoms with Crippen LogP contribution in [0.3, 0.4) is 0 Å². The van der Waals surface area contributed by atoms with Crippen molar-refractivity contribution in [1.29, 1.82) is 0 Å². The molecule has 1 aliphatic carbocycles. The molecule has 0 aromatic heterocycles. The molecule has 1 heteroatoms. The summed E-state index contributed by atoms with van der Waals surface area (Å²) < 4.78 is 0. The lowest BCUT2D eigenvalue weighted by Crippen LogP contribution is -1.95. The van der Waals surface area contributed by atoms with E-state index in [1.54, 1.807) is 0 Å². The summed E-state index contributed by atoms with van der Waals surface area (Å²) in [7, 11) is 0. The lowest BCUT2D eigenvalue weighted by molar-refractivity contribution is 0.532. The molecule has 0 aromatic rings. The van der Waals surface area contributed by atoms with Gasteiger partial charge in [-0.05, 0) is 12.8 Å². The van der Waals surface area contributed by atoms with Crippen LogP contribution in [0.1, 0.15) is 64.2 Å². The fourth-order valence-electron chi connectivity index (χ4n) is 2.44. The zero-order valence-electron chi connectivity index (χ0n) is 8.63. The van der Waals surface area contributed by atoms with Crippen LogP contribution in [0.25, 0.3) is 0 Å². The molecule has 13 heavy (non-hydrogen) atoms. The van der Waals surface area contributed by atoms with E-state index < -0.39 is 0 Å². The highest BCUT2D eigenvalue weighted by Gasteiger charge is 2.36. The maximum absolute atomic E-state index is 2.26. The summed E-state index contributed by atoms with van der Waals surface area (Å²) in [5.41, 5.74) is 0. The van der Waals surface area contributed by atoms with Gasteiger partial charge in [-0.15, -0.1) is 0 Å². The SMILES string of the molecule is C1CCCCCC2SC2CCCC1. The summed E-state index contributed by atoms with van der Waals surface area (Å²) in [4.78, 5) is 0. The van der Waals surface area contributed by atoms with Crippen molar-refractivity contribution < 1.29 is 0 Å². The minimum absolute atomic E-state index is 1.08. The Kier molecular flexibility index (Phi) is 4.02. The Morgan fingerprint density at radius 3 is 1.38 bits per heavy atom. The van der Waals surface area contributed by atoms with Gasteiger partial charge < -0.3 is 0 Å². The van der Waals surface area contributed by atoms with Crippen LogP contribution in [0.15, 0.2) is 0 Å². The van der Waals surface area contributed by atoms with Gasteiger partial charge in [0.15, 0.2) is 0 Å². The molecule has 1 saturated heterocycles. The Hall–Kier alpha value is 0.350. The second-order valence-corrected chi connectivity index (χ2v) is 6.10. The van der Waals surface area contributed by atoms with E-state index >= 15 is 0 Å². The molecule has 76 valence electrons. The van der Waals surface area contributed by atoms with Crippen molar-refractivity contribution in [1.82, 2.24) is 0 Å². The minimum atomic E-state index is 1.08. The Labute approximate surface area is 86.9 Å². The number of hydrogen-bond acceptors (Lipinski definition) is 1. The lowest BCUT2D eigenvalue weighted by Gasteiger charge is -2.04. The van der Waals surface area contributed by atoms with Crippen molar-refractivity contribution in [2.24, 2.45) is 0 Å². The van der Waals surface area contributed by atoms with E-state index in [-0.39, 0.29) is 0 Å². The van der Waals surface area contributed by atoms with Gasteiger partial charge in [0.1, 0.15) is 0 Å². The average molecular weight is 198 g/mol. The van der Waals surface area contributed by atoms with Crippen LogP contribution < -0.4 is 0 Å². The fourth-order valence-corrected chi connectivity index (χ4v) is 3.67. The van der Waals surface area contributed by atoms with Gasteiger partial charge in [0.25, 0.3) is 0 Å². The number of rotatable bonds is 0. The quantitative estimate of drug-likeness (QED) is 0.520. The van der Waals surface area contributed by atoms with E-state index in [1.807, 2.05) is 0 Å². The zero-order valence-corrected chi connectivity index (χ0v) is 9.45. The molecular weight excluding hydrogens is 176 g/mol. The van der Waals surface area contributed by atoms with E-state index in [0.717, 1.165) is 10.5 Å². The van der Waals surface area contributed by atoms with Gasteiger partial charge in [0, 0.05) is 10.5 Å². The Morgan fingerprint density at radius 1 is 0.538 bits per heavy atom. The third-order valence-electron chi connectivity index (χ3n) is 3.41. The van der Waals surface area contributed by atoms with Crippen molar-refractivity contribution in [3.63, 3.8) is 0 Å². The van der Waals surface area contributed by atoms with E-state index in [2.05, 4.69) is 11.8 Å². The van der Waals surface area contributed by atoms with Crippen LogP contribution in [0.4, 0.5) is 0 Å². The largest absolute Gasteiger partial charge is 0.153 e. The maximum Gasteiger partial charge on any atom is 0.0169 e. The van der Waals surface area contributed by atoms with Crippen molar-refractivity contribution in [2.75, 3.05) is 0 Å². The van der Waals surface area contributed by atoms with Crippen molar-refractivity contribution in [3.05, 3.63) is 0 Å². The first kappa shape index (κ1) is 9.89. The van der Waals surface area contributed by atoms with Gasteiger partial charge in [-0.1, -0.05) is 51.4 Å². The highest BCUT2D eigenvalue weighted by molar-refractivity contribution is 8.07. The van der Waals surface area contributed by atoms with E-state index in [1.165, 1.54) is 64.2 Å². The molecule has 1 heterocycles. The molecule has 0 spiro atoms. The molecule has 2 fully saturated rings. The molecule has 1 aliphatic heterocycles. The third kappa shape index (κ3) is 3.53. The predicted octanol–water partition coefficient (Wildman–Crippen LogP) is 4.39. The first-order valence-electron chi connectivity index (χ1n) is 6.12. The van der Waals surface area contributed by atoms with Gasteiger partial charge in [0.2, 0.25) is 0 Å². The van der Waals surface area contributed by atoms with Crippen molar-refractivity contribution >= 4 is 11.8 Å². The van der Waals surface area contributed by atoms with E-state index in [9.17, 15) is 0 Å². The molecule has 2 atom stereocenters. The summed E-state index contributed by atoms with van der Waals surface area (Å²) >= 11 is 2.26. The molecule has 2 aliphatic rings. The third-order valence-corrected chi connectivity index (χ3v) is 4.93. The number of thioether (sulfide) groups is 1. The van der Waals surface area contributed by atoms with Crippen LogP contribution in [-0.4, -0.2) is 10.5 Å². The van der Waals surface area contributed by atoms with Crippen LogP contribution in [-0.2, 0) is 0 Å². The molecule has 0 radical (unpaired) electrons. The first-order chi connectivity index (χ1) is 6.47. The fraction of sp³-hybridized carbons (Fsp3) is 1.00.